The highest BCUT2D eigenvalue weighted by atomic mass is 16.7. The fourth-order valence-corrected chi connectivity index (χ4v) is 1.54. The quantitative estimate of drug-likeness (QED) is 0.504. The molecule has 0 aliphatic heterocycles. The molecule has 0 aliphatic carbocycles. The van der Waals surface area contributed by atoms with Gasteiger partial charge in [-0.25, -0.2) is 10.3 Å². The number of unbranched alkanes of at least 4 members (excludes halogenated alkanes) is 2. The van der Waals surface area contributed by atoms with Crippen LogP contribution in [0.1, 0.15) is 31.2 Å². The van der Waals surface area contributed by atoms with Crippen LogP contribution >= 0.6 is 0 Å². The average molecular weight is 280 g/mol. The normalized spacial score (nSPS) is 10.1. The van der Waals surface area contributed by atoms with E-state index in [0.717, 1.165) is 12.0 Å². The van der Waals surface area contributed by atoms with E-state index in [-0.39, 0.29) is 6.42 Å². The largest absolute Gasteiger partial charge is 0.481 e. The molecule has 0 fully saturated rings. The van der Waals surface area contributed by atoms with Gasteiger partial charge in [0.1, 0.15) is 0 Å². The van der Waals surface area contributed by atoms with Gasteiger partial charge < -0.3 is 10.4 Å². The molecule has 0 aromatic heterocycles. The summed E-state index contributed by atoms with van der Waals surface area (Å²) in [5.41, 5.74) is 4.09. The smallest absolute Gasteiger partial charge is 0.343 e. The summed E-state index contributed by atoms with van der Waals surface area (Å²) < 4.78 is 0. The highest BCUT2D eigenvalue weighted by Crippen LogP contribution is 2.08. The predicted octanol–water partition coefficient (Wildman–Crippen LogP) is 2.69. The van der Waals surface area contributed by atoms with E-state index in [1.54, 1.807) is 12.1 Å². The summed E-state index contributed by atoms with van der Waals surface area (Å²) in [7, 11) is 0. The standard InChI is InChI=1S/C14H20N2O4/c1-11-6-8-12(9-7-11)15-14(19)16-20-10-4-2-3-5-13(17)18/h6-9H,2-5,10H2,1H3,(H,17,18)(H2,15,16,19). The van der Waals surface area contributed by atoms with Gasteiger partial charge in [0.05, 0.1) is 6.61 Å². The third kappa shape index (κ3) is 7.38. The first-order valence-corrected chi connectivity index (χ1v) is 6.55. The predicted molar refractivity (Wildman–Crippen MR) is 75.4 cm³/mol. The van der Waals surface area contributed by atoms with Crippen LogP contribution in [0, 0.1) is 6.92 Å². The molecular formula is C14H20N2O4. The zero-order valence-electron chi connectivity index (χ0n) is 11.5. The molecule has 0 saturated heterocycles. The van der Waals surface area contributed by atoms with Crippen LogP contribution in [0.5, 0.6) is 0 Å². The summed E-state index contributed by atoms with van der Waals surface area (Å²) in [4.78, 5) is 26.7. The summed E-state index contributed by atoms with van der Waals surface area (Å²) in [6, 6.07) is 6.99. The van der Waals surface area contributed by atoms with E-state index < -0.39 is 12.0 Å². The Kier molecular flexibility index (Phi) is 7.13. The molecule has 0 bridgehead atoms. The molecule has 3 N–H and O–H groups in total. The third-order valence-corrected chi connectivity index (χ3v) is 2.61. The molecule has 1 aromatic rings. The summed E-state index contributed by atoms with van der Waals surface area (Å²) in [5.74, 6) is -0.790. The lowest BCUT2D eigenvalue weighted by atomic mass is 10.2. The number of hydrogen-bond donors (Lipinski definition) is 3. The average Bonchev–Trinajstić information content (AvgIpc) is 2.40. The first-order chi connectivity index (χ1) is 9.58. The van der Waals surface area contributed by atoms with E-state index in [1.165, 1.54) is 0 Å². The highest BCUT2D eigenvalue weighted by Gasteiger charge is 2.01. The van der Waals surface area contributed by atoms with Crippen molar-refractivity contribution in [1.82, 2.24) is 5.48 Å². The zero-order chi connectivity index (χ0) is 14.8. The van der Waals surface area contributed by atoms with Crippen molar-refractivity contribution in [2.45, 2.75) is 32.6 Å². The molecule has 2 amide bonds. The van der Waals surface area contributed by atoms with Crippen LogP contribution in [0.15, 0.2) is 24.3 Å². The maximum absolute atomic E-state index is 11.5. The number of hydroxylamine groups is 1. The Morgan fingerprint density at radius 1 is 1.15 bits per heavy atom. The van der Waals surface area contributed by atoms with Crippen molar-refractivity contribution in [3.05, 3.63) is 29.8 Å². The van der Waals surface area contributed by atoms with Crippen LogP contribution in [0.4, 0.5) is 10.5 Å². The van der Waals surface area contributed by atoms with Gasteiger partial charge in [-0.05, 0) is 31.9 Å². The SMILES string of the molecule is Cc1ccc(NC(=O)NOCCCCCC(=O)O)cc1. The van der Waals surface area contributed by atoms with Crippen molar-refractivity contribution in [3.63, 3.8) is 0 Å². The van der Waals surface area contributed by atoms with E-state index in [4.69, 9.17) is 9.94 Å². The molecular weight excluding hydrogens is 260 g/mol. The van der Waals surface area contributed by atoms with Crippen molar-refractivity contribution < 1.29 is 19.5 Å². The molecule has 0 spiro atoms. The Balaban J connectivity index is 2.05. The minimum Gasteiger partial charge on any atom is -0.481 e. The Labute approximate surface area is 118 Å². The van der Waals surface area contributed by atoms with Crippen molar-refractivity contribution in [2.24, 2.45) is 0 Å². The molecule has 110 valence electrons. The number of carbonyl (C=O) groups excluding carboxylic acids is 1. The summed E-state index contributed by atoms with van der Waals surface area (Å²) in [5, 5.41) is 11.1. The molecule has 0 unspecified atom stereocenters. The molecule has 1 rings (SSSR count). The molecule has 0 radical (unpaired) electrons. The fraction of sp³-hybridized carbons (Fsp3) is 0.429. The van der Waals surface area contributed by atoms with E-state index in [1.807, 2.05) is 19.1 Å². The number of nitrogens with one attached hydrogen (secondary N) is 2. The first-order valence-electron chi connectivity index (χ1n) is 6.55. The molecule has 20 heavy (non-hydrogen) atoms. The third-order valence-electron chi connectivity index (χ3n) is 2.61. The second-order valence-corrected chi connectivity index (χ2v) is 4.48. The number of carboxylic acids is 1. The molecule has 6 nitrogen and oxygen atoms in total. The number of urea groups is 1. The number of anilines is 1. The van der Waals surface area contributed by atoms with Crippen LogP contribution < -0.4 is 10.8 Å². The summed E-state index contributed by atoms with van der Waals surface area (Å²) in [6.45, 7) is 2.33. The number of benzene rings is 1. The molecule has 0 saturated carbocycles. The Bertz CT molecular complexity index is 431. The van der Waals surface area contributed by atoms with Gasteiger partial charge in [-0.15, -0.1) is 0 Å². The highest BCUT2D eigenvalue weighted by molar-refractivity contribution is 5.88. The van der Waals surface area contributed by atoms with E-state index in [0.29, 0.717) is 25.1 Å². The van der Waals surface area contributed by atoms with Gasteiger partial charge in [0.15, 0.2) is 0 Å². The minimum absolute atomic E-state index is 0.168. The second kappa shape index (κ2) is 8.92. The van der Waals surface area contributed by atoms with Crippen LogP contribution in [0.3, 0.4) is 0 Å². The first kappa shape index (κ1) is 16.0. The molecule has 0 heterocycles. The Hall–Kier alpha value is -2.08. The van der Waals surface area contributed by atoms with Gasteiger partial charge in [0, 0.05) is 12.1 Å². The summed E-state index contributed by atoms with van der Waals surface area (Å²) in [6.07, 6.45) is 2.25. The van der Waals surface area contributed by atoms with Crippen molar-refractivity contribution >= 4 is 17.7 Å². The Morgan fingerprint density at radius 2 is 1.85 bits per heavy atom. The maximum Gasteiger partial charge on any atom is 0.343 e. The number of aryl methyl sites for hydroxylation is 1. The van der Waals surface area contributed by atoms with Crippen LogP contribution in [0.25, 0.3) is 0 Å². The van der Waals surface area contributed by atoms with Gasteiger partial charge in [-0.1, -0.05) is 24.1 Å². The van der Waals surface area contributed by atoms with Gasteiger partial charge in [0.2, 0.25) is 0 Å². The van der Waals surface area contributed by atoms with Gasteiger partial charge in [-0.2, -0.15) is 0 Å². The number of rotatable bonds is 8. The number of amides is 2. The number of carboxylic acid groups (broad SMARTS) is 1. The summed E-state index contributed by atoms with van der Waals surface area (Å²) >= 11 is 0. The fourth-order valence-electron chi connectivity index (χ4n) is 1.54. The molecule has 0 atom stereocenters. The van der Waals surface area contributed by atoms with Crippen molar-refractivity contribution in [2.75, 3.05) is 11.9 Å². The molecule has 0 aliphatic rings. The van der Waals surface area contributed by atoms with Crippen LogP contribution in [-0.4, -0.2) is 23.7 Å². The zero-order valence-corrected chi connectivity index (χ0v) is 11.5. The van der Waals surface area contributed by atoms with Gasteiger partial charge >= 0.3 is 12.0 Å². The monoisotopic (exact) mass is 280 g/mol. The number of carbonyl (C=O) groups is 2. The van der Waals surface area contributed by atoms with E-state index in [9.17, 15) is 9.59 Å². The number of hydrogen-bond acceptors (Lipinski definition) is 3. The van der Waals surface area contributed by atoms with Crippen molar-refractivity contribution in [1.29, 1.82) is 0 Å². The Morgan fingerprint density at radius 3 is 2.50 bits per heavy atom. The molecule has 1 aromatic carbocycles. The molecule has 6 heteroatoms. The maximum atomic E-state index is 11.5. The second-order valence-electron chi connectivity index (χ2n) is 4.48. The van der Waals surface area contributed by atoms with E-state index in [2.05, 4.69) is 10.8 Å². The minimum atomic E-state index is -0.790. The number of aliphatic carboxylic acids is 1. The lowest BCUT2D eigenvalue weighted by molar-refractivity contribution is -0.137. The van der Waals surface area contributed by atoms with E-state index >= 15 is 0 Å². The lowest BCUT2D eigenvalue weighted by Crippen LogP contribution is -2.29. The van der Waals surface area contributed by atoms with Crippen LogP contribution in [-0.2, 0) is 9.63 Å². The van der Waals surface area contributed by atoms with Crippen LogP contribution in [0.2, 0.25) is 0 Å². The van der Waals surface area contributed by atoms with Gasteiger partial charge in [0.25, 0.3) is 0 Å². The lowest BCUT2D eigenvalue weighted by Gasteiger charge is -2.07. The van der Waals surface area contributed by atoms with Crippen molar-refractivity contribution in [3.8, 4) is 0 Å². The topological polar surface area (TPSA) is 87.7 Å². The van der Waals surface area contributed by atoms with Gasteiger partial charge in [-0.3, -0.25) is 9.63 Å².